The van der Waals surface area contributed by atoms with E-state index in [-0.39, 0.29) is 0 Å². The fourth-order valence-electron chi connectivity index (χ4n) is 1.30. The van der Waals surface area contributed by atoms with Crippen LogP contribution in [0.4, 0.5) is 6.01 Å². The Labute approximate surface area is 114 Å². The van der Waals surface area contributed by atoms with E-state index in [0.717, 1.165) is 13.0 Å². The van der Waals surface area contributed by atoms with Gasteiger partial charge in [-0.15, -0.1) is 5.10 Å². The van der Waals surface area contributed by atoms with Gasteiger partial charge in [0.05, 0.1) is 19.8 Å². The molecule has 0 atom stereocenters. The quantitative estimate of drug-likeness (QED) is 0.582. The monoisotopic (exact) mass is 272 g/mol. The number of anilines is 1. The van der Waals surface area contributed by atoms with E-state index < -0.39 is 0 Å². The second-order valence-corrected chi connectivity index (χ2v) is 4.42. The standard InChI is InChI=1S/C12H24N4O3/c1-10(2)14-9-11-15-16-12(19-11)13-5-4-6-18-8-7-17-3/h10,14H,4-9H2,1-3H3,(H,13,16). The van der Waals surface area contributed by atoms with Crippen LogP contribution in [0, 0.1) is 0 Å². The lowest BCUT2D eigenvalue weighted by Gasteiger charge is -2.04. The molecule has 1 aromatic rings. The Morgan fingerprint density at radius 2 is 2.05 bits per heavy atom. The third-order valence-corrected chi connectivity index (χ3v) is 2.30. The summed E-state index contributed by atoms with van der Waals surface area (Å²) >= 11 is 0. The molecular weight excluding hydrogens is 248 g/mol. The summed E-state index contributed by atoms with van der Waals surface area (Å²) in [5, 5.41) is 14.1. The number of hydrogen-bond donors (Lipinski definition) is 2. The van der Waals surface area contributed by atoms with Crippen LogP contribution >= 0.6 is 0 Å². The van der Waals surface area contributed by atoms with E-state index >= 15 is 0 Å². The molecule has 0 saturated carbocycles. The van der Waals surface area contributed by atoms with E-state index in [4.69, 9.17) is 13.9 Å². The van der Waals surface area contributed by atoms with Gasteiger partial charge in [0, 0.05) is 26.3 Å². The van der Waals surface area contributed by atoms with Crippen molar-refractivity contribution >= 4 is 6.01 Å². The van der Waals surface area contributed by atoms with Gasteiger partial charge in [0.2, 0.25) is 5.89 Å². The molecule has 0 bridgehead atoms. The van der Waals surface area contributed by atoms with E-state index in [2.05, 4.69) is 34.7 Å². The van der Waals surface area contributed by atoms with Crippen molar-refractivity contribution in [2.75, 3.05) is 38.8 Å². The SMILES string of the molecule is COCCOCCCNc1nnc(CNC(C)C)o1. The van der Waals surface area contributed by atoms with Crippen LogP contribution in [0.3, 0.4) is 0 Å². The molecule has 0 unspecified atom stereocenters. The van der Waals surface area contributed by atoms with Crippen LogP contribution in [-0.4, -0.2) is 49.7 Å². The highest BCUT2D eigenvalue weighted by Gasteiger charge is 2.05. The van der Waals surface area contributed by atoms with Gasteiger partial charge in [-0.2, -0.15) is 0 Å². The smallest absolute Gasteiger partial charge is 0.315 e. The maximum Gasteiger partial charge on any atom is 0.315 e. The third-order valence-electron chi connectivity index (χ3n) is 2.30. The lowest BCUT2D eigenvalue weighted by molar-refractivity contribution is 0.0705. The first-order chi connectivity index (χ1) is 9.22. The number of ether oxygens (including phenoxy) is 2. The summed E-state index contributed by atoms with van der Waals surface area (Å²) in [6.07, 6.45) is 0.881. The van der Waals surface area contributed by atoms with Crippen LogP contribution in [0.2, 0.25) is 0 Å². The van der Waals surface area contributed by atoms with Gasteiger partial charge in [0.15, 0.2) is 0 Å². The topological polar surface area (TPSA) is 81.4 Å². The fourth-order valence-corrected chi connectivity index (χ4v) is 1.30. The molecule has 0 aliphatic heterocycles. The minimum Gasteiger partial charge on any atom is -0.407 e. The van der Waals surface area contributed by atoms with Gasteiger partial charge in [-0.3, -0.25) is 0 Å². The lowest BCUT2D eigenvalue weighted by Crippen LogP contribution is -2.21. The summed E-state index contributed by atoms with van der Waals surface area (Å²) in [6.45, 7) is 7.41. The van der Waals surface area contributed by atoms with E-state index in [0.29, 0.717) is 44.3 Å². The zero-order chi connectivity index (χ0) is 13.9. The molecule has 0 amide bonds. The molecule has 1 aromatic heterocycles. The van der Waals surface area contributed by atoms with Gasteiger partial charge in [0.1, 0.15) is 0 Å². The Hall–Kier alpha value is -1.18. The molecule has 2 N–H and O–H groups in total. The summed E-state index contributed by atoms with van der Waals surface area (Å²) in [7, 11) is 1.66. The van der Waals surface area contributed by atoms with Gasteiger partial charge in [0.25, 0.3) is 0 Å². The van der Waals surface area contributed by atoms with Crippen molar-refractivity contribution in [3.8, 4) is 0 Å². The zero-order valence-electron chi connectivity index (χ0n) is 11.9. The van der Waals surface area contributed by atoms with Crippen LogP contribution in [0.5, 0.6) is 0 Å². The third kappa shape index (κ3) is 7.76. The summed E-state index contributed by atoms with van der Waals surface area (Å²) in [6, 6.07) is 0.852. The Morgan fingerprint density at radius 1 is 1.21 bits per heavy atom. The molecule has 0 aliphatic carbocycles. The molecule has 0 aromatic carbocycles. The van der Waals surface area contributed by atoms with E-state index in [9.17, 15) is 0 Å². The van der Waals surface area contributed by atoms with Gasteiger partial charge >= 0.3 is 6.01 Å². The molecule has 1 rings (SSSR count). The van der Waals surface area contributed by atoms with Gasteiger partial charge in [-0.05, 0) is 6.42 Å². The average Bonchev–Trinajstić information content (AvgIpc) is 2.83. The van der Waals surface area contributed by atoms with Crippen molar-refractivity contribution in [1.82, 2.24) is 15.5 Å². The predicted octanol–water partition coefficient (Wildman–Crippen LogP) is 1.03. The van der Waals surface area contributed by atoms with Crippen molar-refractivity contribution in [1.29, 1.82) is 0 Å². The predicted molar refractivity (Wildman–Crippen MR) is 72.1 cm³/mol. The maximum absolute atomic E-state index is 5.42. The van der Waals surface area contributed by atoms with Gasteiger partial charge < -0.3 is 24.5 Å². The number of aromatic nitrogens is 2. The van der Waals surface area contributed by atoms with E-state index in [1.165, 1.54) is 0 Å². The van der Waals surface area contributed by atoms with Gasteiger partial charge in [-0.25, -0.2) is 0 Å². The highest BCUT2D eigenvalue weighted by Crippen LogP contribution is 2.05. The minimum absolute atomic E-state index is 0.396. The highest BCUT2D eigenvalue weighted by molar-refractivity contribution is 5.16. The van der Waals surface area contributed by atoms with Gasteiger partial charge in [-0.1, -0.05) is 18.9 Å². The average molecular weight is 272 g/mol. The van der Waals surface area contributed by atoms with Crippen LogP contribution in [0.15, 0.2) is 4.42 Å². The number of nitrogens with zero attached hydrogens (tertiary/aromatic N) is 2. The Balaban J connectivity index is 2.06. The first-order valence-corrected chi connectivity index (χ1v) is 6.58. The first-order valence-electron chi connectivity index (χ1n) is 6.58. The molecule has 0 saturated heterocycles. The molecule has 7 heteroatoms. The van der Waals surface area contributed by atoms with Crippen LogP contribution in [0.1, 0.15) is 26.2 Å². The van der Waals surface area contributed by atoms with Crippen LogP contribution in [0.25, 0.3) is 0 Å². The second-order valence-electron chi connectivity index (χ2n) is 4.42. The molecule has 0 aliphatic rings. The summed E-state index contributed by atoms with van der Waals surface area (Å²) < 4.78 is 15.6. The molecule has 110 valence electrons. The Morgan fingerprint density at radius 3 is 2.79 bits per heavy atom. The van der Waals surface area contributed by atoms with E-state index in [1.54, 1.807) is 7.11 Å². The van der Waals surface area contributed by atoms with Crippen molar-refractivity contribution in [2.24, 2.45) is 0 Å². The largest absolute Gasteiger partial charge is 0.407 e. The number of methoxy groups -OCH3 is 1. The first kappa shape index (κ1) is 15.9. The van der Waals surface area contributed by atoms with Crippen molar-refractivity contribution in [2.45, 2.75) is 32.9 Å². The molecule has 0 fully saturated rings. The molecule has 7 nitrogen and oxygen atoms in total. The molecule has 0 radical (unpaired) electrons. The summed E-state index contributed by atoms with van der Waals surface area (Å²) in [5.41, 5.74) is 0. The Kier molecular flexibility index (Phi) is 8.11. The van der Waals surface area contributed by atoms with Crippen molar-refractivity contribution in [3.63, 3.8) is 0 Å². The highest BCUT2D eigenvalue weighted by atomic mass is 16.5. The lowest BCUT2D eigenvalue weighted by atomic mass is 10.4. The van der Waals surface area contributed by atoms with Crippen molar-refractivity contribution < 1.29 is 13.9 Å². The fraction of sp³-hybridized carbons (Fsp3) is 0.833. The molecule has 0 spiro atoms. The number of hydrogen-bond acceptors (Lipinski definition) is 7. The summed E-state index contributed by atoms with van der Waals surface area (Å²) in [5.74, 6) is 0.590. The minimum atomic E-state index is 0.396. The second kappa shape index (κ2) is 9.71. The number of rotatable bonds is 11. The molecule has 1 heterocycles. The van der Waals surface area contributed by atoms with E-state index in [1.807, 2.05) is 0 Å². The zero-order valence-corrected chi connectivity index (χ0v) is 11.9. The van der Waals surface area contributed by atoms with Crippen molar-refractivity contribution in [3.05, 3.63) is 5.89 Å². The molecule has 19 heavy (non-hydrogen) atoms. The normalized spacial score (nSPS) is 11.2. The maximum atomic E-state index is 5.42. The van der Waals surface area contributed by atoms with Crippen LogP contribution in [-0.2, 0) is 16.0 Å². The number of nitrogens with one attached hydrogen (secondary N) is 2. The summed E-state index contributed by atoms with van der Waals surface area (Å²) in [4.78, 5) is 0. The molecular formula is C12H24N4O3. The van der Waals surface area contributed by atoms with Crippen LogP contribution < -0.4 is 10.6 Å². The Bertz CT molecular complexity index is 331.